The van der Waals surface area contributed by atoms with Crippen molar-refractivity contribution in [3.8, 4) is 0 Å². The Labute approximate surface area is 373 Å². The highest BCUT2D eigenvalue weighted by atomic mass is 16.5. The predicted octanol–water partition coefficient (Wildman–Crippen LogP) is 1.32. The number of fused-ring (bicyclic) bond motifs is 1. The van der Waals surface area contributed by atoms with Crippen LogP contribution in [0, 0.1) is 11.8 Å². The second-order valence-electron chi connectivity index (χ2n) is 15.6. The van der Waals surface area contributed by atoms with Crippen LogP contribution >= 0.6 is 0 Å². The average Bonchev–Trinajstić information content (AvgIpc) is 3.69. The van der Waals surface area contributed by atoms with E-state index in [2.05, 4.69) is 41.6 Å². The van der Waals surface area contributed by atoms with E-state index >= 15 is 0 Å². The lowest BCUT2D eigenvalue weighted by molar-refractivity contribution is -0.147. The van der Waals surface area contributed by atoms with Crippen LogP contribution in [0.2, 0.25) is 0 Å². The van der Waals surface area contributed by atoms with Crippen LogP contribution < -0.4 is 49.5 Å². The van der Waals surface area contributed by atoms with Crippen molar-refractivity contribution < 1.29 is 38.2 Å². The van der Waals surface area contributed by atoms with Gasteiger partial charge in [-0.25, -0.2) is 9.59 Å². The molecule has 0 radical (unpaired) electrons. The van der Waals surface area contributed by atoms with Crippen LogP contribution in [0.4, 0.5) is 4.79 Å². The third-order valence-corrected chi connectivity index (χ3v) is 10.8. The predicted molar refractivity (Wildman–Crippen MR) is 244 cm³/mol. The van der Waals surface area contributed by atoms with Crippen molar-refractivity contribution in [1.29, 1.82) is 0 Å². The highest BCUT2D eigenvalue weighted by Crippen LogP contribution is 2.20. The number of nitrogens with two attached hydrogens (primary N) is 4. The molecule has 350 valence electrons. The van der Waals surface area contributed by atoms with Gasteiger partial charge in [0.1, 0.15) is 36.8 Å². The van der Waals surface area contributed by atoms with Gasteiger partial charge in [-0.3, -0.25) is 29.2 Å². The summed E-state index contributed by atoms with van der Waals surface area (Å²) in [6.07, 6.45) is 2.54. The summed E-state index contributed by atoms with van der Waals surface area (Å²) in [5.74, 6) is -4.43. The van der Waals surface area contributed by atoms with Gasteiger partial charge in [0.2, 0.25) is 23.6 Å². The minimum atomic E-state index is -1.28. The minimum Gasteiger partial charge on any atom is -0.467 e. The Bertz CT molecular complexity index is 2050. The van der Waals surface area contributed by atoms with Gasteiger partial charge in [0.05, 0.1) is 7.11 Å². The summed E-state index contributed by atoms with van der Waals surface area (Å²) in [5.41, 5.74) is 24.2. The van der Waals surface area contributed by atoms with Gasteiger partial charge in [0, 0.05) is 36.6 Å². The first-order valence-electron chi connectivity index (χ1n) is 21.5. The van der Waals surface area contributed by atoms with E-state index in [4.69, 9.17) is 32.4 Å². The number of nitrogens with zero attached hydrogens (tertiary/aromatic N) is 2. The zero-order valence-corrected chi connectivity index (χ0v) is 37.4. The van der Waals surface area contributed by atoms with Gasteiger partial charge in [-0.1, -0.05) is 89.1 Å². The molecule has 20 heteroatoms. The molecular formula is C44H66N12O8. The van der Waals surface area contributed by atoms with E-state index in [9.17, 15) is 28.8 Å². The maximum absolute atomic E-state index is 14.5. The van der Waals surface area contributed by atoms with Crippen molar-refractivity contribution in [2.24, 2.45) is 44.8 Å². The topological polar surface area (TPSA) is 326 Å². The van der Waals surface area contributed by atoms with Crippen molar-refractivity contribution in [3.63, 3.8) is 0 Å². The second kappa shape index (κ2) is 26.6. The van der Waals surface area contributed by atoms with Gasteiger partial charge in [-0.2, -0.15) is 0 Å². The molecule has 1 heterocycles. The normalized spacial score (nSPS) is 14.2. The van der Waals surface area contributed by atoms with Crippen LogP contribution in [0.3, 0.4) is 0 Å². The Morgan fingerprint density at radius 3 is 1.75 bits per heavy atom. The fourth-order valence-electron chi connectivity index (χ4n) is 6.72. The number of aliphatic imine (C=N–C) groups is 2. The number of aromatic amines is 1. The number of amides is 5. The van der Waals surface area contributed by atoms with Gasteiger partial charge in [-0.05, 0) is 54.7 Å². The number of hydrogen-bond donors (Lipinski definition) is 10. The van der Waals surface area contributed by atoms with Gasteiger partial charge >= 0.3 is 12.1 Å². The highest BCUT2D eigenvalue weighted by Gasteiger charge is 2.35. The SMILES string of the molecule is CCC(C)C(NC(=O)C(CCCN=C(N)N)NC(=O)OCc1ccccc1)C(=O)NC(Cc1c[nH]c2ccccc12)C(=O)NC(CCCN=C(N)N)C(=O)NC(C(=O)OC)C(C)CC. The molecule has 3 rings (SSSR count). The molecule has 64 heavy (non-hydrogen) atoms. The molecule has 0 spiro atoms. The van der Waals surface area contributed by atoms with E-state index in [1.807, 2.05) is 44.2 Å². The molecule has 2 aromatic carbocycles. The van der Waals surface area contributed by atoms with Crippen LogP contribution in [0.25, 0.3) is 10.9 Å². The zero-order valence-electron chi connectivity index (χ0n) is 37.4. The van der Waals surface area contributed by atoms with Crippen molar-refractivity contribution in [3.05, 3.63) is 71.9 Å². The molecular weight excluding hydrogens is 825 g/mol. The van der Waals surface area contributed by atoms with Gasteiger partial charge in [-0.15, -0.1) is 0 Å². The Morgan fingerprint density at radius 2 is 1.17 bits per heavy atom. The lowest BCUT2D eigenvalue weighted by Gasteiger charge is -2.29. The fourth-order valence-corrected chi connectivity index (χ4v) is 6.72. The summed E-state index contributed by atoms with van der Waals surface area (Å²) in [4.78, 5) is 93.7. The summed E-state index contributed by atoms with van der Waals surface area (Å²) in [6.45, 7) is 7.52. The molecule has 5 amide bonds. The number of guanidine groups is 2. The molecule has 0 bridgehead atoms. The standard InChI is InChI=1S/C44H66N12O8/c1-6-26(3)35(55-38(58)33(20-14-22-50-43(47)48)54-44(62)64-25-28-15-9-8-10-16-28)40(60)53-34(23-29-24-51-31-18-12-11-17-30(29)31)39(59)52-32(19-13-21-49-42(45)46)37(57)56-36(27(4)7-2)41(61)63-5/h8-12,15-18,24,26-27,32-36,51H,6-7,13-14,19-23,25H2,1-5H3,(H,52,59)(H,53,60)(H,54,62)(H,55,58)(H,56,57)(H4,45,46,49)(H4,47,48,50). The number of esters is 1. The molecule has 0 aliphatic carbocycles. The number of aromatic nitrogens is 1. The number of nitrogens with one attached hydrogen (secondary N) is 6. The largest absolute Gasteiger partial charge is 0.467 e. The van der Waals surface area contributed by atoms with Gasteiger partial charge in [0.15, 0.2) is 11.9 Å². The number of para-hydroxylation sites is 1. The van der Waals surface area contributed by atoms with Gasteiger partial charge in [0.25, 0.3) is 0 Å². The number of benzene rings is 2. The number of carbonyl (C=O) groups is 6. The van der Waals surface area contributed by atoms with E-state index in [1.165, 1.54) is 7.11 Å². The molecule has 0 aliphatic heterocycles. The van der Waals surface area contributed by atoms with Crippen molar-refractivity contribution in [2.75, 3.05) is 20.2 Å². The number of alkyl carbamates (subject to hydrolysis) is 1. The highest BCUT2D eigenvalue weighted by molar-refractivity contribution is 5.96. The summed E-state index contributed by atoms with van der Waals surface area (Å²) in [7, 11) is 1.22. The first-order valence-corrected chi connectivity index (χ1v) is 21.5. The molecule has 0 saturated carbocycles. The van der Waals surface area contributed by atoms with E-state index < -0.39 is 71.8 Å². The number of hydrogen-bond acceptors (Lipinski definition) is 10. The first-order chi connectivity index (χ1) is 30.6. The number of rotatable bonds is 26. The molecule has 7 unspecified atom stereocenters. The van der Waals surface area contributed by atoms with Crippen LogP contribution in [0.5, 0.6) is 0 Å². The third-order valence-electron chi connectivity index (χ3n) is 10.8. The first kappa shape index (κ1) is 51.5. The Hall–Kier alpha value is -6.86. The molecule has 0 fully saturated rings. The van der Waals surface area contributed by atoms with Crippen LogP contribution in [0.1, 0.15) is 77.3 Å². The lowest BCUT2D eigenvalue weighted by Crippen LogP contribution is -2.60. The Balaban J connectivity index is 1.94. The number of ether oxygens (including phenoxy) is 2. The van der Waals surface area contributed by atoms with E-state index in [0.29, 0.717) is 24.8 Å². The third kappa shape index (κ3) is 16.8. The molecule has 3 aromatic rings. The monoisotopic (exact) mass is 891 g/mol. The lowest BCUT2D eigenvalue weighted by atomic mass is 9.96. The van der Waals surface area contributed by atoms with Crippen LogP contribution in [-0.4, -0.2) is 103 Å². The van der Waals surface area contributed by atoms with E-state index in [1.54, 1.807) is 44.3 Å². The Kier molecular flexibility index (Phi) is 21.4. The minimum absolute atomic E-state index is 0.0228. The number of H-pyrrole nitrogens is 1. The van der Waals surface area contributed by atoms with Crippen LogP contribution in [0.15, 0.2) is 70.8 Å². The number of carbonyl (C=O) groups excluding carboxylic acids is 6. The summed E-state index contributed by atoms with van der Waals surface area (Å²) >= 11 is 0. The van der Waals surface area contributed by atoms with Crippen molar-refractivity contribution in [1.82, 2.24) is 31.6 Å². The summed E-state index contributed by atoms with van der Waals surface area (Å²) < 4.78 is 10.3. The van der Waals surface area contributed by atoms with Crippen molar-refractivity contribution in [2.45, 2.75) is 109 Å². The Morgan fingerprint density at radius 1 is 0.656 bits per heavy atom. The molecule has 7 atom stereocenters. The van der Waals surface area contributed by atoms with E-state index in [-0.39, 0.29) is 63.2 Å². The van der Waals surface area contributed by atoms with Crippen molar-refractivity contribution >= 4 is 58.5 Å². The fraction of sp³-hybridized carbons (Fsp3) is 0.500. The smallest absolute Gasteiger partial charge is 0.408 e. The number of methoxy groups -OCH3 is 1. The van der Waals surface area contributed by atoms with E-state index in [0.717, 1.165) is 16.5 Å². The van der Waals surface area contributed by atoms with Gasteiger partial charge < -0.3 is 64.0 Å². The molecule has 1 aromatic heterocycles. The maximum Gasteiger partial charge on any atom is 0.408 e. The maximum atomic E-state index is 14.5. The average molecular weight is 891 g/mol. The van der Waals surface area contributed by atoms with Crippen LogP contribution in [-0.2, 0) is 46.5 Å². The zero-order chi connectivity index (χ0) is 47.2. The molecule has 0 aliphatic rings. The molecule has 0 saturated heterocycles. The molecule has 14 N–H and O–H groups in total. The quantitative estimate of drug-likeness (QED) is 0.0236. The molecule has 20 nitrogen and oxygen atoms in total. The summed E-state index contributed by atoms with van der Waals surface area (Å²) in [5, 5.41) is 14.6. The summed E-state index contributed by atoms with van der Waals surface area (Å²) in [6, 6.07) is 10.6. The second-order valence-corrected chi connectivity index (χ2v) is 15.6.